The van der Waals surface area contributed by atoms with Gasteiger partial charge in [-0.3, -0.25) is 0 Å². The van der Waals surface area contributed by atoms with Gasteiger partial charge in [-0.1, -0.05) is 20.8 Å². The van der Waals surface area contributed by atoms with Crippen molar-refractivity contribution in [1.82, 2.24) is 4.98 Å². The molecule has 2 heterocycles. The molecular formula is C17H29N3O4Si. The molecule has 1 fully saturated rings. The molecule has 25 heavy (non-hydrogen) atoms. The normalized spacial score (nSPS) is 18.2. The van der Waals surface area contributed by atoms with Crippen LogP contribution in [0.2, 0.25) is 18.1 Å². The molecule has 0 amide bonds. The molecule has 0 spiro atoms. The lowest BCUT2D eigenvalue weighted by atomic mass is 9.92. The van der Waals surface area contributed by atoms with Crippen molar-refractivity contribution in [3.63, 3.8) is 0 Å². The predicted molar refractivity (Wildman–Crippen MR) is 100 cm³/mol. The van der Waals surface area contributed by atoms with Crippen LogP contribution in [0.15, 0.2) is 18.3 Å². The van der Waals surface area contributed by atoms with Gasteiger partial charge in [-0.15, -0.1) is 0 Å². The molecule has 0 radical (unpaired) electrons. The van der Waals surface area contributed by atoms with Crippen molar-refractivity contribution >= 4 is 19.8 Å². The van der Waals surface area contributed by atoms with Gasteiger partial charge in [0.15, 0.2) is 14.5 Å². The van der Waals surface area contributed by atoms with Crippen LogP contribution in [0.3, 0.4) is 0 Å². The molecule has 2 rings (SSSR count). The van der Waals surface area contributed by atoms with Crippen LogP contribution in [0.25, 0.3) is 0 Å². The Balaban J connectivity index is 1.93. The SMILES string of the molecule is CC(C)(C)[Si](C)(C)OCC1(O)CCN(c2ccc([N+](=O)[O-])nc2)CC1. The number of nitrogens with zero attached hydrogens (tertiary/aromatic N) is 3. The number of nitro groups is 1. The van der Waals surface area contributed by atoms with E-state index < -0.39 is 18.8 Å². The minimum absolute atomic E-state index is 0.120. The van der Waals surface area contributed by atoms with Crippen LogP contribution in [0.4, 0.5) is 11.5 Å². The fourth-order valence-electron chi connectivity index (χ4n) is 2.53. The lowest BCUT2D eigenvalue weighted by Gasteiger charge is -2.42. The van der Waals surface area contributed by atoms with Crippen molar-refractivity contribution < 1.29 is 14.5 Å². The average Bonchev–Trinajstić information content (AvgIpc) is 2.53. The summed E-state index contributed by atoms with van der Waals surface area (Å²) in [5, 5.41) is 21.6. The highest BCUT2D eigenvalue weighted by molar-refractivity contribution is 6.74. The van der Waals surface area contributed by atoms with Gasteiger partial charge >= 0.3 is 5.82 Å². The zero-order valence-electron chi connectivity index (χ0n) is 15.8. The van der Waals surface area contributed by atoms with Gasteiger partial charge in [-0.25, -0.2) is 0 Å². The number of hydrogen-bond acceptors (Lipinski definition) is 6. The van der Waals surface area contributed by atoms with E-state index in [1.54, 1.807) is 6.07 Å². The number of pyridine rings is 1. The molecule has 0 bridgehead atoms. The summed E-state index contributed by atoms with van der Waals surface area (Å²) in [6.45, 7) is 12.7. The molecule has 0 unspecified atom stereocenters. The molecule has 140 valence electrons. The summed E-state index contributed by atoms with van der Waals surface area (Å²) < 4.78 is 6.20. The minimum atomic E-state index is -1.88. The zero-order chi connectivity index (χ0) is 18.9. The molecule has 1 aromatic rings. The number of anilines is 1. The highest BCUT2D eigenvalue weighted by atomic mass is 28.4. The second-order valence-electron chi connectivity index (χ2n) is 8.39. The zero-order valence-corrected chi connectivity index (χ0v) is 16.8. The first kappa shape index (κ1) is 19.8. The molecule has 8 heteroatoms. The number of rotatable bonds is 5. The van der Waals surface area contributed by atoms with Gasteiger partial charge in [-0.2, -0.15) is 0 Å². The first-order valence-corrected chi connectivity index (χ1v) is 11.6. The molecule has 0 atom stereocenters. The van der Waals surface area contributed by atoms with Gasteiger partial charge in [-0.05, 0) is 46.9 Å². The topological polar surface area (TPSA) is 88.7 Å². The molecule has 1 aliphatic heterocycles. The van der Waals surface area contributed by atoms with Gasteiger partial charge in [0.2, 0.25) is 0 Å². The molecular weight excluding hydrogens is 338 g/mol. The highest BCUT2D eigenvalue weighted by Crippen LogP contribution is 2.38. The summed E-state index contributed by atoms with van der Waals surface area (Å²) in [6.07, 6.45) is 2.74. The van der Waals surface area contributed by atoms with Crippen molar-refractivity contribution in [3.05, 3.63) is 28.4 Å². The van der Waals surface area contributed by atoms with Gasteiger partial charge in [0, 0.05) is 19.2 Å². The lowest BCUT2D eigenvalue weighted by molar-refractivity contribution is -0.389. The maximum atomic E-state index is 10.8. The Morgan fingerprint density at radius 1 is 1.36 bits per heavy atom. The standard InChI is InChI=1S/C17H29N3O4Si/c1-16(2,3)25(4,5)24-13-17(21)8-10-19(11-9-17)14-6-7-15(18-12-14)20(22)23/h6-7,12,21H,8-11,13H2,1-5H3. The van der Waals surface area contributed by atoms with E-state index >= 15 is 0 Å². The maximum Gasteiger partial charge on any atom is 0.363 e. The Labute approximate surface area is 150 Å². The van der Waals surface area contributed by atoms with Crippen LogP contribution in [-0.2, 0) is 4.43 Å². The molecule has 7 nitrogen and oxygen atoms in total. The summed E-state index contributed by atoms with van der Waals surface area (Å²) in [5.41, 5.74) is 0.0400. The largest absolute Gasteiger partial charge is 0.414 e. The third-order valence-electron chi connectivity index (χ3n) is 5.49. The van der Waals surface area contributed by atoms with E-state index in [9.17, 15) is 15.2 Å². The Hall–Kier alpha value is -1.51. The van der Waals surface area contributed by atoms with Crippen LogP contribution in [-0.4, -0.2) is 48.6 Å². The molecule has 1 aromatic heterocycles. The van der Waals surface area contributed by atoms with Crippen molar-refractivity contribution in [2.75, 3.05) is 24.6 Å². The van der Waals surface area contributed by atoms with E-state index in [2.05, 4.69) is 43.7 Å². The average molecular weight is 368 g/mol. The van der Waals surface area contributed by atoms with Crippen LogP contribution >= 0.6 is 0 Å². The number of piperidine rings is 1. The van der Waals surface area contributed by atoms with E-state index in [1.807, 2.05) is 0 Å². The van der Waals surface area contributed by atoms with E-state index in [0.717, 1.165) is 5.69 Å². The Morgan fingerprint density at radius 2 is 1.96 bits per heavy atom. The van der Waals surface area contributed by atoms with Crippen molar-refractivity contribution in [1.29, 1.82) is 0 Å². The van der Waals surface area contributed by atoms with Gasteiger partial charge in [0.1, 0.15) is 0 Å². The third-order valence-corrected chi connectivity index (χ3v) is 9.96. The van der Waals surface area contributed by atoms with E-state index in [1.165, 1.54) is 12.3 Å². The Morgan fingerprint density at radius 3 is 2.40 bits per heavy atom. The van der Waals surface area contributed by atoms with Gasteiger partial charge < -0.3 is 24.5 Å². The van der Waals surface area contributed by atoms with Gasteiger partial charge in [0.25, 0.3) is 0 Å². The second-order valence-corrected chi connectivity index (χ2v) is 13.2. The van der Waals surface area contributed by atoms with Crippen molar-refractivity contribution in [2.24, 2.45) is 0 Å². The summed E-state index contributed by atoms with van der Waals surface area (Å²) >= 11 is 0. The monoisotopic (exact) mass is 367 g/mol. The summed E-state index contributed by atoms with van der Waals surface area (Å²) in [5.74, 6) is -0.153. The van der Waals surface area contributed by atoms with E-state index in [0.29, 0.717) is 32.5 Å². The lowest BCUT2D eigenvalue weighted by Crippen LogP contribution is -2.51. The fraction of sp³-hybridized carbons (Fsp3) is 0.706. The van der Waals surface area contributed by atoms with E-state index in [4.69, 9.17) is 4.43 Å². The number of aliphatic hydroxyl groups is 1. The van der Waals surface area contributed by atoms with Gasteiger partial charge in [0.05, 0.1) is 17.9 Å². The fourth-order valence-corrected chi connectivity index (χ4v) is 3.59. The van der Waals surface area contributed by atoms with Crippen molar-refractivity contribution in [3.8, 4) is 0 Å². The molecule has 0 aromatic carbocycles. The molecule has 1 saturated heterocycles. The summed E-state index contributed by atoms with van der Waals surface area (Å²) in [4.78, 5) is 16.1. The first-order chi connectivity index (χ1) is 11.4. The summed E-state index contributed by atoms with van der Waals surface area (Å²) in [6, 6.07) is 3.12. The first-order valence-electron chi connectivity index (χ1n) is 8.65. The van der Waals surface area contributed by atoms with Crippen LogP contribution in [0.1, 0.15) is 33.6 Å². The van der Waals surface area contributed by atoms with E-state index in [-0.39, 0.29) is 10.9 Å². The van der Waals surface area contributed by atoms with Crippen LogP contribution in [0.5, 0.6) is 0 Å². The molecule has 1 N–H and O–H groups in total. The molecule has 0 saturated carbocycles. The predicted octanol–water partition coefficient (Wildman–Crippen LogP) is 3.34. The highest BCUT2D eigenvalue weighted by Gasteiger charge is 2.41. The minimum Gasteiger partial charge on any atom is -0.414 e. The van der Waals surface area contributed by atoms with Crippen LogP contribution < -0.4 is 4.90 Å². The quantitative estimate of drug-likeness (QED) is 0.488. The molecule has 1 aliphatic rings. The maximum absolute atomic E-state index is 10.8. The second kappa shape index (κ2) is 7.01. The smallest absolute Gasteiger partial charge is 0.363 e. The Bertz CT molecular complexity index is 605. The number of hydrogen-bond donors (Lipinski definition) is 1. The molecule has 0 aliphatic carbocycles. The number of aromatic nitrogens is 1. The third kappa shape index (κ3) is 4.77. The summed E-state index contributed by atoms with van der Waals surface area (Å²) in [7, 11) is -1.88. The van der Waals surface area contributed by atoms with Crippen LogP contribution in [0, 0.1) is 10.1 Å². The Kier molecular flexibility index (Phi) is 5.55. The van der Waals surface area contributed by atoms with Crippen molar-refractivity contribution in [2.45, 2.75) is 57.3 Å².